The Kier molecular flexibility index (Phi) is 17.9. The zero-order valence-corrected chi connectivity index (χ0v) is 36.7. The lowest BCUT2D eigenvalue weighted by Crippen LogP contribution is -2.65. The molecule has 1 aromatic rings. The summed E-state index contributed by atoms with van der Waals surface area (Å²) in [4.78, 5) is 12.4. The summed E-state index contributed by atoms with van der Waals surface area (Å²) in [5, 5.41) is 62.5. The number of ether oxygens (including phenoxy) is 2. The van der Waals surface area contributed by atoms with Crippen molar-refractivity contribution in [2.75, 3.05) is 60.5 Å². The van der Waals surface area contributed by atoms with Gasteiger partial charge in [0, 0.05) is 56.3 Å². The molecule has 1 spiro atoms. The molecule has 7 N–H and O–H groups in total. The Bertz CT molecular complexity index is 1740. The van der Waals surface area contributed by atoms with Crippen molar-refractivity contribution < 1.29 is 39.8 Å². The minimum absolute atomic E-state index is 0.0437. The van der Waals surface area contributed by atoms with Gasteiger partial charge in [0.15, 0.2) is 0 Å². The first-order valence-corrected chi connectivity index (χ1v) is 22.3. The smallest absolute Gasteiger partial charge is 0.145 e. The Hall–Kier alpha value is -3.03. The maximum atomic E-state index is 12.9. The van der Waals surface area contributed by atoms with Crippen molar-refractivity contribution in [3.05, 3.63) is 106 Å². The predicted octanol–water partition coefficient (Wildman–Crippen LogP) is 5.70. The molecule has 10 nitrogen and oxygen atoms in total. The second kappa shape index (κ2) is 22.4. The molecule has 332 valence electrons. The van der Waals surface area contributed by atoms with Gasteiger partial charge in [-0.15, -0.1) is 0 Å². The van der Waals surface area contributed by atoms with E-state index in [4.69, 9.17) is 9.47 Å². The van der Waals surface area contributed by atoms with Crippen LogP contribution in [-0.4, -0.2) is 110 Å². The maximum Gasteiger partial charge on any atom is 0.145 e. The van der Waals surface area contributed by atoms with Crippen LogP contribution < -0.4 is 10.6 Å². The minimum atomic E-state index is -1.24. The van der Waals surface area contributed by atoms with Crippen molar-refractivity contribution in [1.82, 2.24) is 10.6 Å². The van der Waals surface area contributed by atoms with Crippen LogP contribution in [0.1, 0.15) is 82.8 Å². The molecule has 0 amide bonds. The molecule has 4 bridgehead atoms. The van der Waals surface area contributed by atoms with Gasteiger partial charge in [0.2, 0.25) is 0 Å². The number of methoxy groups -OCH3 is 1. The Morgan fingerprint density at radius 2 is 1.92 bits per heavy atom. The molecule has 60 heavy (non-hydrogen) atoms. The van der Waals surface area contributed by atoms with E-state index in [1.807, 2.05) is 26.1 Å². The van der Waals surface area contributed by atoms with Gasteiger partial charge in [-0.25, -0.2) is 0 Å². The highest BCUT2D eigenvalue weighted by Gasteiger charge is 2.68. The number of aliphatic hydroxyl groups excluding tert-OH is 4. The standard InChI is InChI=1S/C50H74N2O8/c1-35-13-14-41(28-38-10-7-11-39(27-38)29-48(52-31-35,19-8-24-53)22-26-59-5)36(2)9-6-12-43(33-60-34-56)44-17-20-50(47(44)57)46-40(18-25-54)15-16-42(45(46)37(3)32-55)30-49(50,58)21-23-51-4/h6-7,9-13,15-16,27,32,40-42,44,46-47,51-54,56-58H,2,8,14,17-26,28-31,33-34H2,1,3-5H3. The van der Waals surface area contributed by atoms with Crippen molar-refractivity contribution >= 4 is 6.29 Å². The lowest BCUT2D eigenvalue weighted by atomic mass is 9.45. The third kappa shape index (κ3) is 10.8. The van der Waals surface area contributed by atoms with Crippen LogP contribution in [0.25, 0.3) is 0 Å². The molecular weight excluding hydrogens is 757 g/mol. The van der Waals surface area contributed by atoms with Gasteiger partial charge < -0.3 is 45.6 Å². The molecule has 2 saturated carbocycles. The van der Waals surface area contributed by atoms with Gasteiger partial charge in [0.05, 0.1) is 18.3 Å². The predicted molar refractivity (Wildman–Crippen MR) is 238 cm³/mol. The lowest BCUT2D eigenvalue weighted by molar-refractivity contribution is -0.194. The van der Waals surface area contributed by atoms with Crippen molar-refractivity contribution in [3.63, 3.8) is 0 Å². The van der Waals surface area contributed by atoms with Crippen LogP contribution in [0.15, 0.2) is 95.2 Å². The number of benzene rings is 1. The number of carbonyl (C=O) groups excluding carboxylic acids is 1. The van der Waals surface area contributed by atoms with E-state index in [1.165, 1.54) is 16.7 Å². The second-order valence-corrected chi connectivity index (χ2v) is 18.2. The Labute approximate surface area is 359 Å². The van der Waals surface area contributed by atoms with Gasteiger partial charge in [-0.1, -0.05) is 84.0 Å². The van der Waals surface area contributed by atoms with Crippen LogP contribution >= 0.6 is 0 Å². The van der Waals surface area contributed by atoms with Crippen LogP contribution in [0.3, 0.4) is 0 Å². The van der Waals surface area contributed by atoms with Gasteiger partial charge in [-0.2, -0.15) is 0 Å². The molecule has 10 heteroatoms. The van der Waals surface area contributed by atoms with Gasteiger partial charge in [0.25, 0.3) is 0 Å². The quantitative estimate of drug-likeness (QED) is 0.0303. The highest BCUT2D eigenvalue weighted by Crippen LogP contribution is 2.67. The van der Waals surface area contributed by atoms with E-state index in [1.54, 1.807) is 7.11 Å². The Morgan fingerprint density at radius 1 is 1.12 bits per heavy atom. The topological polar surface area (TPSA) is 161 Å². The number of hydrogen-bond acceptors (Lipinski definition) is 10. The summed E-state index contributed by atoms with van der Waals surface area (Å²) in [5.41, 5.74) is 4.74. The van der Waals surface area contributed by atoms with E-state index in [-0.39, 0.29) is 54.9 Å². The first-order valence-electron chi connectivity index (χ1n) is 22.3. The van der Waals surface area contributed by atoms with E-state index in [9.17, 15) is 30.3 Å². The highest BCUT2D eigenvalue weighted by molar-refractivity contribution is 5.74. The fourth-order valence-corrected chi connectivity index (χ4v) is 11.4. The van der Waals surface area contributed by atoms with Gasteiger partial charge in [0.1, 0.15) is 13.1 Å². The minimum Gasteiger partial charge on any atom is -0.396 e. The number of carbonyl (C=O) groups is 1. The fraction of sp³-hybridized carbons (Fsp3) is 0.620. The fourth-order valence-electron chi connectivity index (χ4n) is 11.4. The molecule has 1 aromatic carbocycles. The van der Waals surface area contributed by atoms with Crippen molar-refractivity contribution in [2.24, 2.45) is 35.0 Å². The number of hydrogen-bond donors (Lipinski definition) is 7. The van der Waals surface area contributed by atoms with Crippen molar-refractivity contribution in [1.29, 1.82) is 0 Å². The maximum absolute atomic E-state index is 12.9. The van der Waals surface area contributed by atoms with E-state index in [0.29, 0.717) is 50.8 Å². The van der Waals surface area contributed by atoms with Gasteiger partial charge in [-0.3, -0.25) is 4.79 Å². The summed E-state index contributed by atoms with van der Waals surface area (Å²) in [6.07, 6.45) is 19.8. The summed E-state index contributed by atoms with van der Waals surface area (Å²) >= 11 is 0. The molecule has 1 aliphatic heterocycles. The molecular formula is C50H74N2O8. The lowest BCUT2D eigenvalue weighted by Gasteiger charge is -2.61. The Morgan fingerprint density at radius 3 is 2.63 bits per heavy atom. The molecule has 0 aromatic heterocycles. The molecule has 9 atom stereocenters. The van der Waals surface area contributed by atoms with E-state index in [2.05, 4.69) is 72.7 Å². The molecule has 0 radical (unpaired) electrons. The summed E-state index contributed by atoms with van der Waals surface area (Å²) in [6, 6.07) is 8.82. The van der Waals surface area contributed by atoms with Crippen LogP contribution in [-0.2, 0) is 27.1 Å². The summed E-state index contributed by atoms with van der Waals surface area (Å²) < 4.78 is 11.2. The van der Waals surface area contributed by atoms with Crippen LogP contribution in [0.5, 0.6) is 0 Å². The Balaban J connectivity index is 1.45. The SMILES string of the molecule is C=C(C=CC=C(COCO)C1CCC2(C1O)C1C(=C(C)C=O)C(C=CC1CCO)CC2(O)CCNC)C1CC=C(C)CNC(CCCO)(CCOC)Cc2cccc(c2)C1. The normalized spacial score (nSPS) is 33.1. The van der Waals surface area contributed by atoms with Crippen LogP contribution in [0, 0.1) is 35.0 Å². The first kappa shape index (κ1) is 48.0. The first-order chi connectivity index (χ1) is 28.9. The molecule has 5 rings (SSSR count). The third-order valence-corrected chi connectivity index (χ3v) is 14.5. The van der Waals surface area contributed by atoms with E-state index >= 15 is 0 Å². The van der Waals surface area contributed by atoms with Crippen LogP contribution in [0.2, 0.25) is 0 Å². The number of nitrogens with one attached hydrogen (secondary N) is 2. The van der Waals surface area contributed by atoms with Crippen LogP contribution in [0.4, 0.5) is 0 Å². The van der Waals surface area contributed by atoms with Crippen molar-refractivity contribution in [2.45, 2.75) is 102 Å². The highest BCUT2D eigenvalue weighted by atomic mass is 16.6. The second-order valence-electron chi connectivity index (χ2n) is 18.2. The van der Waals surface area contributed by atoms with Crippen molar-refractivity contribution in [3.8, 4) is 0 Å². The summed E-state index contributed by atoms with van der Waals surface area (Å²) in [7, 11) is 3.60. The van der Waals surface area contributed by atoms with Gasteiger partial charge >= 0.3 is 0 Å². The molecule has 4 aliphatic rings. The number of aliphatic hydroxyl groups is 5. The third-order valence-electron chi connectivity index (χ3n) is 14.5. The molecule has 0 saturated heterocycles. The van der Waals surface area contributed by atoms with E-state index in [0.717, 1.165) is 68.1 Å². The number of rotatable bonds is 19. The molecule has 1 heterocycles. The molecule has 9 unspecified atom stereocenters. The zero-order valence-electron chi connectivity index (χ0n) is 36.7. The summed E-state index contributed by atoms with van der Waals surface area (Å²) in [6.45, 7) is 10.3. The summed E-state index contributed by atoms with van der Waals surface area (Å²) in [5.74, 6) is -0.851. The largest absolute Gasteiger partial charge is 0.396 e. The van der Waals surface area contributed by atoms with E-state index < -0.39 is 23.9 Å². The average Bonchev–Trinajstić information content (AvgIpc) is 3.59. The average molecular weight is 831 g/mol. The monoisotopic (exact) mass is 831 g/mol. The van der Waals surface area contributed by atoms with Gasteiger partial charge in [-0.05, 0) is 138 Å². The number of fused-ring (bicyclic) bond motifs is 5. The number of allylic oxidation sites excluding steroid dienone is 9. The zero-order chi connectivity index (χ0) is 43.3. The molecule has 2 fully saturated rings. The molecule has 3 aliphatic carbocycles. The number of aldehydes is 1.